The fourth-order valence-electron chi connectivity index (χ4n) is 2.69. The predicted octanol–water partition coefficient (Wildman–Crippen LogP) is 5.85. The highest BCUT2D eigenvalue weighted by molar-refractivity contribution is 7.22. The first-order valence-corrected chi connectivity index (χ1v) is 10.3. The number of nitro groups is 1. The molecule has 1 amide bonds. The van der Waals surface area contributed by atoms with Crippen LogP contribution in [0.1, 0.15) is 9.67 Å². The van der Waals surface area contributed by atoms with Gasteiger partial charge in [0.05, 0.1) is 22.7 Å². The number of fused-ring (bicyclic) bond motifs is 1. The Hall–Kier alpha value is -3.01. The van der Waals surface area contributed by atoms with Gasteiger partial charge in [0.25, 0.3) is 11.6 Å². The van der Waals surface area contributed by atoms with Crippen LogP contribution in [0.25, 0.3) is 21.3 Å². The zero-order chi connectivity index (χ0) is 20.5. The highest BCUT2D eigenvalue weighted by atomic mass is 35.5. The van der Waals surface area contributed by atoms with Crippen molar-refractivity contribution in [3.05, 3.63) is 67.9 Å². The summed E-state index contributed by atoms with van der Waals surface area (Å²) < 4.78 is 6.09. The van der Waals surface area contributed by atoms with Crippen molar-refractivity contribution < 1.29 is 14.5 Å². The number of benzene rings is 2. The lowest BCUT2D eigenvalue weighted by atomic mass is 10.1. The number of methoxy groups -OCH3 is 1. The number of halogens is 1. The van der Waals surface area contributed by atoms with Crippen LogP contribution >= 0.6 is 34.3 Å². The number of anilines is 1. The van der Waals surface area contributed by atoms with Crippen molar-refractivity contribution in [2.24, 2.45) is 0 Å². The van der Waals surface area contributed by atoms with Crippen LogP contribution in [0, 0.1) is 10.1 Å². The number of non-ortho nitro benzene ring substituents is 1. The van der Waals surface area contributed by atoms with E-state index in [2.05, 4.69) is 10.3 Å². The van der Waals surface area contributed by atoms with Crippen LogP contribution in [-0.2, 0) is 0 Å². The molecule has 4 rings (SSSR count). The van der Waals surface area contributed by atoms with Gasteiger partial charge in [-0.05, 0) is 30.3 Å². The average Bonchev–Trinajstić information content (AvgIpc) is 3.32. The number of nitrogens with one attached hydrogen (secondary N) is 1. The van der Waals surface area contributed by atoms with Crippen molar-refractivity contribution in [1.82, 2.24) is 4.98 Å². The smallest absolute Gasteiger partial charge is 0.269 e. The first-order valence-electron chi connectivity index (χ1n) is 8.24. The van der Waals surface area contributed by atoms with E-state index in [0.717, 1.165) is 15.6 Å². The number of carbonyl (C=O) groups excluding carboxylic acids is 1. The summed E-state index contributed by atoms with van der Waals surface area (Å²) in [5.74, 6) is 0.316. The zero-order valence-corrected chi connectivity index (χ0v) is 17.2. The van der Waals surface area contributed by atoms with Gasteiger partial charge in [0.2, 0.25) is 0 Å². The summed E-state index contributed by atoms with van der Waals surface area (Å²) in [5.41, 5.74) is 1.35. The fraction of sp³-hybridized carbons (Fsp3) is 0.0526. The van der Waals surface area contributed by atoms with E-state index in [1.807, 2.05) is 12.1 Å². The van der Waals surface area contributed by atoms with Gasteiger partial charge in [0.15, 0.2) is 5.13 Å². The number of amides is 1. The summed E-state index contributed by atoms with van der Waals surface area (Å²) in [6, 6.07) is 11.5. The number of thiazole rings is 1. The van der Waals surface area contributed by atoms with Crippen molar-refractivity contribution in [1.29, 1.82) is 0 Å². The van der Waals surface area contributed by atoms with Gasteiger partial charge >= 0.3 is 0 Å². The van der Waals surface area contributed by atoms with Gasteiger partial charge in [0.1, 0.15) is 10.6 Å². The highest BCUT2D eigenvalue weighted by Crippen LogP contribution is 2.38. The minimum absolute atomic E-state index is 0.00791. The van der Waals surface area contributed by atoms with Gasteiger partial charge in [0, 0.05) is 33.2 Å². The van der Waals surface area contributed by atoms with Crippen molar-refractivity contribution in [3.8, 4) is 17.0 Å². The third-order valence-corrected chi connectivity index (χ3v) is 6.57. The van der Waals surface area contributed by atoms with Crippen LogP contribution < -0.4 is 10.1 Å². The normalized spacial score (nSPS) is 10.8. The second-order valence-electron chi connectivity index (χ2n) is 5.90. The van der Waals surface area contributed by atoms with Crippen LogP contribution in [0.15, 0.2) is 47.8 Å². The lowest BCUT2D eigenvalue weighted by molar-refractivity contribution is -0.384. The Kier molecular flexibility index (Phi) is 5.18. The molecule has 146 valence electrons. The summed E-state index contributed by atoms with van der Waals surface area (Å²) >= 11 is 8.96. The molecule has 0 aliphatic carbocycles. The third-order valence-electron chi connectivity index (χ3n) is 4.14. The van der Waals surface area contributed by atoms with E-state index in [-0.39, 0.29) is 11.6 Å². The molecular weight excluding hydrogens is 434 g/mol. The van der Waals surface area contributed by atoms with E-state index in [1.54, 1.807) is 30.7 Å². The van der Waals surface area contributed by atoms with Gasteiger partial charge < -0.3 is 4.74 Å². The standard InChI is InChI=1S/C19H12ClN3O4S2/c1-27-12-6-7-15-13(8-12)16(20)17(29-15)18(24)22-19-21-14(9-28-19)10-2-4-11(5-3-10)23(25)26/h2-9H,1H3,(H,21,22,24). The van der Waals surface area contributed by atoms with Crippen molar-refractivity contribution >= 4 is 61.1 Å². The minimum Gasteiger partial charge on any atom is -0.497 e. The van der Waals surface area contributed by atoms with E-state index in [4.69, 9.17) is 16.3 Å². The van der Waals surface area contributed by atoms with Crippen molar-refractivity contribution in [3.63, 3.8) is 0 Å². The predicted molar refractivity (Wildman–Crippen MR) is 116 cm³/mol. The molecule has 2 aromatic carbocycles. The third kappa shape index (κ3) is 3.80. The fourth-order valence-corrected chi connectivity index (χ4v) is 4.79. The Labute approximate surface area is 177 Å². The largest absolute Gasteiger partial charge is 0.497 e. The SMILES string of the molecule is COc1ccc2sc(C(=O)Nc3nc(-c4ccc([N+](=O)[O-])cc4)cs3)c(Cl)c2c1. The van der Waals surface area contributed by atoms with E-state index in [1.165, 1.54) is 34.8 Å². The van der Waals surface area contributed by atoms with Gasteiger partial charge in [-0.25, -0.2) is 4.98 Å². The molecule has 1 N–H and O–H groups in total. The van der Waals surface area contributed by atoms with Crippen LogP contribution in [0.4, 0.5) is 10.8 Å². The summed E-state index contributed by atoms with van der Waals surface area (Å²) in [6.07, 6.45) is 0. The molecule has 10 heteroatoms. The van der Waals surface area contributed by atoms with E-state index < -0.39 is 4.92 Å². The van der Waals surface area contributed by atoms with Gasteiger partial charge in [-0.15, -0.1) is 22.7 Å². The second-order valence-corrected chi connectivity index (χ2v) is 8.19. The summed E-state index contributed by atoms with van der Waals surface area (Å²) in [6.45, 7) is 0. The van der Waals surface area contributed by atoms with Crippen LogP contribution in [0.3, 0.4) is 0 Å². The first kappa shape index (κ1) is 19.3. The Balaban J connectivity index is 1.56. The number of thiophene rings is 1. The van der Waals surface area contributed by atoms with Crippen molar-refractivity contribution in [2.45, 2.75) is 0 Å². The molecular formula is C19H12ClN3O4S2. The van der Waals surface area contributed by atoms with E-state index >= 15 is 0 Å². The molecule has 7 nitrogen and oxygen atoms in total. The molecule has 0 saturated carbocycles. The molecule has 0 spiro atoms. The molecule has 0 unspecified atom stereocenters. The lowest BCUT2D eigenvalue weighted by Crippen LogP contribution is -2.10. The Bertz CT molecular complexity index is 1230. The van der Waals surface area contributed by atoms with E-state index in [9.17, 15) is 14.9 Å². The van der Waals surface area contributed by atoms with Gasteiger partial charge in [-0.2, -0.15) is 0 Å². The summed E-state index contributed by atoms with van der Waals surface area (Å²) in [7, 11) is 1.57. The summed E-state index contributed by atoms with van der Waals surface area (Å²) in [4.78, 5) is 27.8. The van der Waals surface area contributed by atoms with E-state index in [0.29, 0.717) is 26.5 Å². The van der Waals surface area contributed by atoms with Crippen LogP contribution in [0.5, 0.6) is 5.75 Å². The minimum atomic E-state index is -0.458. The molecule has 0 fully saturated rings. The monoisotopic (exact) mass is 445 g/mol. The molecule has 0 atom stereocenters. The molecule has 29 heavy (non-hydrogen) atoms. The number of aromatic nitrogens is 1. The zero-order valence-electron chi connectivity index (χ0n) is 14.8. The maximum Gasteiger partial charge on any atom is 0.269 e. The lowest BCUT2D eigenvalue weighted by Gasteiger charge is -2.00. The quantitative estimate of drug-likeness (QED) is 0.307. The van der Waals surface area contributed by atoms with Crippen molar-refractivity contribution in [2.75, 3.05) is 12.4 Å². The number of ether oxygens (including phenoxy) is 1. The molecule has 0 radical (unpaired) electrons. The number of nitrogens with zero attached hydrogens (tertiary/aromatic N) is 2. The Morgan fingerprint density at radius 2 is 2.00 bits per heavy atom. The van der Waals surface area contributed by atoms with Gasteiger partial charge in [-0.3, -0.25) is 20.2 Å². The first-order chi connectivity index (χ1) is 14.0. The average molecular weight is 446 g/mol. The Morgan fingerprint density at radius 1 is 1.24 bits per heavy atom. The van der Waals surface area contributed by atoms with Crippen LogP contribution in [0.2, 0.25) is 5.02 Å². The molecule has 2 aromatic heterocycles. The maximum atomic E-state index is 12.7. The number of nitro benzene ring substituents is 1. The topological polar surface area (TPSA) is 94.4 Å². The molecule has 0 aliphatic rings. The number of hydrogen-bond donors (Lipinski definition) is 1. The number of hydrogen-bond acceptors (Lipinski definition) is 7. The second kappa shape index (κ2) is 7.78. The molecule has 2 heterocycles. The molecule has 4 aromatic rings. The maximum absolute atomic E-state index is 12.7. The summed E-state index contributed by atoms with van der Waals surface area (Å²) in [5, 5.41) is 16.8. The van der Waals surface area contributed by atoms with Gasteiger partial charge in [-0.1, -0.05) is 11.6 Å². The molecule has 0 aliphatic heterocycles. The number of carbonyl (C=O) groups is 1. The highest BCUT2D eigenvalue weighted by Gasteiger charge is 2.19. The molecule has 0 saturated heterocycles. The number of rotatable bonds is 5. The van der Waals surface area contributed by atoms with Crippen LogP contribution in [-0.4, -0.2) is 22.9 Å². The Morgan fingerprint density at radius 3 is 2.69 bits per heavy atom. The molecule has 0 bridgehead atoms.